The van der Waals surface area contributed by atoms with Crippen LogP contribution in [0.1, 0.15) is 41.0 Å². The molecule has 0 radical (unpaired) electrons. The summed E-state index contributed by atoms with van der Waals surface area (Å²) in [4.78, 5) is 23.7. The van der Waals surface area contributed by atoms with Gasteiger partial charge in [0, 0.05) is 23.5 Å². The van der Waals surface area contributed by atoms with Crippen LogP contribution >= 0.6 is 0 Å². The lowest BCUT2D eigenvalue weighted by Gasteiger charge is -2.40. The Bertz CT molecular complexity index is 1330. The van der Waals surface area contributed by atoms with Gasteiger partial charge in [-0.2, -0.15) is 10.1 Å². The Morgan fingerprint density at radius 2 is 2.06 bits per heavy atom. The monoisotopic (exact) mass is 433 g/mol. The van der Waals surface area contributed by atoms with Crippen molar-refractivity contribution in [2.24, 2.45) is 0 Å². The van der Waals surface area contributed by atoms with Crippen molar-refractivity contribution in [2.45, 2.75) is 31.9 Å². The molecule has 2 atom stereocenters. The summed E-state index contributed by atoms with van der Waals surface area (Å²) in [6.45, 7) is 3.80. The van der Waals surface area contributed by atoms with Gasteiger partial charge < -0.3 is 9.64 Å². The van der Waals surface area contributed by atoms with Gasteiger partial charge in [-0.3, -0.25) is 4.79 Å². The first-order valence-electron chi connectivity index (χ1n) is 10.6. The highest BCUT2D eigenvalue weighted by atomic mass is 19.1. The Hall–Kier alpha value is -3.55. The van der Waals surface area contributed by atoms with Crippen molar-refractivity contribution < 1.29 is 13.9 Å². The van der Waals surface area contributed by atoms with E-state index in [1.807, 2.05) is 43.3 Å². The molecule has 8 heteroatoms. The van der Waals surface area contributed by atoms with E-state index in [1.165, 1.54) is 6.33 Å². The quantitative estimate of drug-likeness (QED) is 0.489. The fraction of sp³-hybridized carbons (Fsp3) is 0.333. The molecule has 2 unspecified atom stereocenters. The minimum atomic E-state index is -1.55. The van der Waals surface area contributed by atoms with Crippen LogP contribution in [0.4, 0.5) is 4.39 Å². The van der Waals surface area contributed by atoms with Crippen molar-refractivity contribution in [1.82, 2.24) is 24.5 Å². The van der Waals surface area contributed by atoms with Crippen molar-refractivity contribution in [1.29, 1.82) is 0 Å². The third-order valence-corrected chi connectivity index (χ3v) is 6.06. The molecular formula is C24H24FN5O2. The van der Waals surface area contributed by atoms with Gasteiger partial charge in [0.2, 0.25) is 0 Å². The number of rotatable bonds is 3. The van der Waals surface area contributed by atoms with Gasteiger partial charge in [0.05, 0.1) is 24.9 Å². The molecule has 3 heterocycles. The number of alkyl halides is 1. The Morgan fingerprint density at radius 1 is 1.25 bits per heavy atom. The second-order valence-electron chi connectivity index (χ2n) is 8.66. The Balaban J connectivity index is 1.54. The number of nitrogens with zero attached hydrogens (tertiary/aromatic N) is 5. The van der Waals surface area contributed by atoms with Crippen molar-refractivity contribution >= 4 is 22.5 Å². The van der Waals surface area contributed by atoms with E-state index in [4.69, 9.17) is 4.74 Å². The van der Waals surface area contributed by atoms with Crippen molar-refractivity contribution in [2.75, 3.05) is 20.2 Å². The van der Waals surface area contributed by atoms with Crippen LogP contribution in [0.15, 0.2) is 48.8 Å². The number of benzene rings is 2. The van der Waals surface area contributed by atoms with Crippen molar-refractivity contribution in [3.8, 4) is 5.75 Å². The first kappa shape index (κ1) is 20.4. The van der Waals surface area contributed by atoms with E-state index in [-0.39, 0.29) is 24.8 Å². The number of hydrogen-bond acceptors (Lipinski definition) is 5. The number of hydrogen-bond donors (Lipinski definition) is 0. The smallest absolute Gasteiger partial charge is 0.257 e. The van der Waals surface area contributed by atoms with Crippen LogP contribution in [0.2, 0.25) is 0 Å². The van der Waals surface area contributed by atoms with Gasteiger partial charge in [0.25, 0.3) is 11.7 Å². The second-order valence-corrected chi connectivity index (χ2v) is 8.66. The lowest BCUT2D eigenvalue weighted by Crippen LogP contribution is -2.49. The third-order valence-electron chi connectivity index (χ3n) is 6.06. The normalized spacial score (nSPS) is 21.2. The summed E-state index contributed by atoms with van der Waals surface area (Å²) in [6, 6.07) is 13.3. The summed E-state index contributed by atoms with van der Waals surface area (Å²) in [6.07, 6.45) is 1.72. The van der Waals surface area contributed by atoms with Gasteiger partial charge in [0.1, 0.15) is 17.7 Å². The van der Waals surface area contributed by atoms with Gasteiger partial charge in [-0.05, 0) is 37.8 Å². The standard InChI is InChI=1S/C24H24FN5O2/c1-15-10-20(30-23(28-15)26-14-27-30)17-11-24(2,25)13-29(12-17)22(31)19-9-8-16-6-4-5-7-18(16)21(19)32-3/h4-10,14,17H,11-13H2,1-3H3. The zero-order valence-electron chi connectivity index (χ0n) is 18.2. The number of likely N-dealkylation sites (tertiary alicyclic amines) is 1. The van der Waals surface area contributed by atoms with Crippen LogP contribution in [-0.4, -0.2) is 56.3 Å². The van der Waals surface area contributed by atoms with Crippen LogP contribution in [0.3, 0.4) is 0 Å². The maximum atomic E-state index is 15.5. The van der Waals surface area contributed by atoms with Crippen molar-refractivity contribution in [3.63, 3.8) is 0 Å². The highest BCUT2D eigenvalue weighted by Gasteiger charge is 2.40. The molecule has 4 aromatic rings. The zero-order valence-corrected chi connectivity index (χ0v) is 18.2. The maximum absolute atomic E-state index is 15.5. The van der Waals surface area contributed by atoms with Crippen LogP contribution in [0.25, 0.3) is 16.6 Å². The van der Waals surface area contributed by atoms with Gasteiger partial charge in [-0.1, -0.05) is 30.3 Å². The Morgan fingerprint density at radius 3 is 2.88 bits per heavy atom. The number of halogens is 1. The molecule has 0 N–H and O–H groups in total. The van der Waals surface area contributed by atoms with E-state index < -0.39 is 5.67 Å². The first-order valence-corrected chi connectivity index (χ1v) is 10.6. The number of amides is 1. The van der Waals surface area contributed by atoms with Crippen LogP contribution < -0.4 is 4.74 Å². The molecule has 2 aromatic heterocycles. The van der Waals surface area contributed by atoms with Crippen LogP contribution in [0, 0.1) is 6.92 Å². The van der Waals surface area contributed by atoms with Gasteiger partial charge in [-0.25, -0.2) is 13.9 Å². The SMILES string of the molecule is COc1c(C(=O)N2CC(c3cc(C)nc4ncnn34)CC(C)(F)C2)ccc2ccccc12. The van der Waals surface area contributed by atoms with E-state index in [0.717, 1.165) is 22.2 Å². The fourth-order valence-electron chi connectivity index (χ4n) is 4.78. The minimum absolute atomic E-state index is 0.0167. The first-order chi connectivity index (χ1) is 15.4. The molecule has 1 saturated heterocycles. The molecule has 1 aliphatic rings. The lowest BCUT2D eigenvalue weighted by molar-refractivity contribution is 0.0340. The summed E-state index contributed by atoms with van der Waals surface area (Å²) in [5.41, 5.74) is 0.462. The predicted molar refractivity (Wildman–Crippen MR) is 119 cm³/mol. The van der Waals surface area contributed by atoms with E-state index in [2.05, 4.69) is 15.1 Å². The number of carbonyl (C=O) groups is 1. The Kier molecular flexibility index (Phi) is 4.80. The molecule has 0 saturated carbocycles. The van der Waals surface area contributed by atoms with Gasteiger partial charge in [0.15, 0.2) is 0 Å². The molecule has 0 aliphatic carbocycles. The average Bonchev–Trinajstić information content (AvgIpc) is 3.24. The highest BCUT2D eigenvalue weighted by molar-refractivity contribution is 6.04. The molecule has 5 rings (SSSR count). The molecule has 32 heavy (non-hydrogen) atoms. The number of carbonyl (C=O) groups excluding carboxylic acids is 1. The second kappa shape index (κ2) is 7.55. The predicted octanol–water partition coefficient (Wildman–Crippen LogP) is 3.95. The molecule has 164 valence electrons. The molecule has 1 aliphatic heterocycles. The summed E-state index contributed by atoms with van der Waals surface area (Å²) in [7, 11) is 1.55. The topological polar surface area (TPSA) is 72.6 Å². The molecule has 0 bridgehead atoms. The van der Waals surface area contributed by atoms with E-state index in [9.17, 15) is 4.79 Å². The number of ether oxygens (including phenoxy) is 1. The summed E-state index contributed by atoms with van der Waals surface area (Å²) in [5.74, 6) is 0.483. The van der Waals surface area contributed by atoms with E-state index in [1.54, 1.807) is 29.5 Å². The fourth-order valence-corrected chi connectivity index (χ4v) is 4.78. The molecule has 1 fully saturated rings. The summed E-state index contributed by atoms with van der Waals surface area (Å²) >= 11 is 0. The number of aromatic nitrogens is 4. The summed E-state index contributed by atoms with van der Waals surface area (Å²) in [5, 5.41) is 6.10. The largest absolute Gasteiger partial charge is 0.495 e. The average molecular weight is 433 g/mol. The molecule has 2 aromatic carbocycles. The number of fused-ring (bicyclic) bond motifs is 2. The molecule has 7 nitrogen and oxygen atoms in total. The van der Waals surface area contributed by atoms with Crippen molar-refractivity contribution in [3.05, 3.63) is 65.7 Å². The van der Waals surface area contributed by atoms with Crippen LogP contribution in [0.5, 0.6) is 5.75 Å². The number of aryl methyl sites for hydroxylation is 1. The maximum Gasteiger partial charge on any atom is 0.257 e. The van der Waals surface area contributed by atoms with Crippen LogP contribution in [-0.2, 0) is 0 Å². The van der Waals surface area contributed by atoms with E-state index in [0.29, 0.717) is 23.6 Å². The van der Waals surface area contributed by atoms with Gasteiger partial charge >= 0.3 is 0 Å². The van der Waals surface area contributed by atoms with Gasteiger partial charge in [-0.15, -0.1) is 0 Å². The zero-order chi connectivity index (χ0) is 22.5. The minimum Gasteiger partial charge on any atom is -0.495 e. The third kappa shape index (κ3) is 3.45. The Labute approximate surface area is 184 Å². The highest BCUT2D eigenvalue weighted by Crippen LogP contribution is 2.37. The number of methoxy groups -OCH3 is 1. The number of piperidine rings is 1. The molecule has 1 amide bonds. The van der Waals surface area contributed by atoms with E-state index >= 15 is 4.39 Å². The lowest BCUT2D eigenvalue weighted by atomic mass is 9.85. The molecule has 0 spiro atoms. The molecular weight excluding hydrogens is 409 g/mol. The summed E-state index contributed by atoms with van der Waals surface area (Å²) < 4.78 is 22.8.